The third-order valence-electron chi connectivity index (χ3n) is 1.94. The average molecular weight is 293 g/mol. The number of carbonyl (C=O) groups is 1. The first-order valence-electron chi connectivity index (χ1n) is 5.66. The molecule has 1 aromatic heterocycles. The van der Waals surface area contributed by atoms with Gasteiger partial charge in [-0.15, -0.1) is 4.83 Å². The lowest BCUT2D eigenvalue weighted by atomic mass is 10.3. The third kappa shape index (κ3) is 7.24. The fraction of sp³-hybridized carbons (Fsp3) is 0.0769. The molecule has 7 heteroatoms. The molecule has 1 aromatic carbocycles. The molecule has 106 valence electrons. The van der Waals surface area contributed by atoms with Gasteiger partial charge in [0.05, 0.1) is 11.8 Å². The first kappa shape index (κ1) is 15.8. The van der Waals surface area contributed by atoms with Gasteiger partial charge in [-0.1, -0.05) is 36.4 Å². The van der Waals surface area contributed by atoms with Crippen molar-refractivity contribution in [1.82, 2.24) is 15.2 Å². The summed E-state index contributed by atoms with van der Waals surface area (Å²) in [5.41, 5.74) is 2.30. The molecular formula is C13H15N3O3S. The molecular weight excluding hydrogens is 278 g/mol. The average Bonchev–Trinajstić information content (AvgIpc) is 2.47. The van der Waals surface area contributed by atoms with Crippen LogP contribution in [0.4, 0.5) is 0 Å². The fourth-order valence-electron chi connectivity index (χ4n) is 1.09. The summed E-state index contributed by atoms with van der Waals surface area (Å²) in [4.78, 5) is 16.8. The van der Waals surface area contributed by atoms with Crippen LogP contribution in [0.1, 0.15) is 10.4 Å². The Kier molecular flexibility index (Phi) is 6.34. The number of nitrogens with one attached hydrogen (secondary N) is 2. The zero-order valence-electron chi connectivity index (χ0n) is 10.9. The van der Waals surface area contributed by atoms with Gasteiger partial charge in [0.15, 0.2) is 0 Å². The van der Waals surface area contributed by atoms with E-state index in [2.05, 4.69) is 4.98 Å². The lowest BCUT2D eigenvalue weighted by Crippen LogP contribution is -2.40. The topological polar surface area (TPSA) is 88.2 Å². The normalized spacial score (nSPS) is 10.1. The number of amides is 1. The number of hydrazine groups is 1. The van der Waals surface area contributed by atoms with Crippen LogP contribution < -0.4 is 10.3 Å². The predicted octanol–water partition coefficient (Wildman–Crippen LogP) is 0.962. The molecule has 0 atom stereocenters. The molecule has 6 nitrogen and oxygen atoms in total. The van der Waals surface area contributed by atoms with Gasteiger partial charge in [-0.3, -0.25) is 15.2 Å². The van der Waals surface area contributed by atoms with Crippen LogP contribution in [0.15, 0.2) is 60.9 Å². The van der Waals surface area contributed by atoms with Crippen LogP contribution in [-0.2, 0) is 10.0 Å². The highest BCUT2D eigenvalue weighted by Crippen LogP contribution is 1.93. The molecule has 0 radical (unpaired) electrons. The van der Waals surface area contributed by atoms with E-state index in [4.69, 9.17) is 0 Å². The zero-order chi connectivity index (χ0) is 14.8. The molecule has 0 saturated carbocycles. The summed E-state index contributed by atoms with van der Waals surface area (Å²) in [5, 5.41) is 0. The highest BCUT2D eigenvalue weighted by atomic mass is 32.2. The van der Waals surface area contributed by atoms with Gasteiger partial charge in [0.2, 0.25) is 10.0 Å². The molecule has 0 fully saturated rings. The fourth-order valence-corrected chi connectivity index (χ4v) is 1.37. The van der Waals surface area contributed by atoms with E-state index >= 15 is 0 Å². The number of aromatic nitrogens is 1. The van der Waals surface area contributed by atoms with Crippen molar-refractivity contribution in [2.45, 2.75) is 0 Å². The van der Waals surface area contributed by atoms with Gasteiger partial charge >= 0.3 is 0 Å². The minimum Gasteiger partial charge on any atom is -0.274 e. The second kappa shape index (κ2) is 8.03. The summed E-state index contributed by atoms with van der Waals surface area (Å²) in [7, 11) is -3.43. The summed E-state index contributed by atoms with van der Waals surface area (Å²) in [5.74, 6) is -0.552. The van der Waals surface area contributed by atoms with E-state index in [9.17, 15) is 13.2 Å². The van der Waals surface area contributed by atoms with E-state index in [1.54, 1.807) is 6.07 Å². The second-order valence-corrected chi connectivity index (χ2v) is 5.47. The molecule has 1 heterocycles. The number of benzene rings is 1. The van der Waals surface area contributed by atoms with Gasteiger partial charge in [0.1, 0.15) is 0 Å². The Morgan fingerprint density at radius 1 is 1.05 bits per heavy atom. The summed E-state index contributed by atoms with van der Waals surface area (Å²) >= 11 is 0. The maximum absolute atomic E-state index is 11.2. The highest BCUT2D eigenvalue weighted by Gasteiger charge is 2.06. The van der Waals surface area contributed by atoms with Crippen LogP contribution in [0.25, 0.3) is 0 Å². The molecule has 20 heavy (non-hydrogen) atoms. The minimum atomic E-state index is -3.43. The number of sulfonamides is 1. The molecule has 0 unspecified atom stereocenters. The predicted molar refractivity (Wildman–Crippen MR) is 76.1 cm³/mol. The lowest BCUT2D eigenvalue weighted by molar-refractivity contribution is 0.0945. The van der Waals surface area contributed by atoms with Crippen LogP contribution in [0.5, 0.6) is 0 Å². The molecule has 0 bridgehead atoms. The van der Waals surface area contributed by atoms with E-state index < -0.39 is 15.9 Å². The van der Waals surface area contributed by atoms with Gasteiger partial charge in [-0.2, -0.15) is 0 Å². The Balaban J connectivity index is 0.000000276. The summed E-state index contributed by atoms with van der Waals surface area (Å²) in [6.45, 7) is 0. The third-order valence-corrected chi connectivity index (χ3v) is 2.41. The Labute approximate surface area is 117 Å². The van der Waals surface area contributed by atoms with E-state index in [1.165, 1.54) is 18.5 Å². The number of hydrogen-bond acceptors (Lipinski definition) is 4. The molecule has 0 aliphatic carbocycles. The molecule has 0 saturated heterocycles. The standard InChI is InChI=1S/C7H9N3O3S.C6H6/c1-14(12,13)10-9-7(11)6-3-2-4-8-5-6;1-2-4-6-5-3-1/h2-5,10H,1H3,(H,9,11);1-6H. The Bertz CT molecular complexity index is 589. The Morgan fingerprint density at radius 2 is 1.60 bits per heavy atom. The van der Waals surface area contributed by atoms with Crippen molar-refractivity contribution in [3.8, 4) is 0 Å². The van der Waals surface area contributed by atoms with Gasteiger partial charge in [-0.05, 0) is 12.1 Å². The van der Waals surface area contributed by atoms with Crippen molar-refractivity contribution < 1.29 is 13.2 Å². The van der Waals surface area contributed by atoms with Crippen LogP contribution in [0.2, 0.25) is 0 Å². The minimum absolute atomic E-state index is 0.281. The van der Waals surface area contributed by atoms with Gasteiger partial charge < -0.3 is 0 Å². The smallest absolute Gasteiger partial charge is 0.267 e. The number of pyridine rings is 1. The van der Waals surface area contributed by atoms with Crippen molar-refractivity contribution in [2.24, 2.45) is 0 Å². The van der Waals surface area contributed by atoms with Crippen molar-refractivity contribution >= 4 is 15.9 Å². The van der Waals surface area contributed by atoms with E-state index in [1.807, 2.05) is 46.7 Å². The summed E-state index contributed by atoms with van der Waals surface area (Å²) in [6, 6.07) is 15.1. The molecule has 0 aliphatic heterocycles. The zero-order valence-corrected chi connectivity index (χ0v) is 11.7. The van der Waals surface area contributed by atoms with Crippen LogP contribution in [-0.4, -0.2) is 25.6 Å². The number of nitrogens with zero attached hydrogens (tertiary/aromatic N) is 1. The van der Waals surface area contributed by atoms with E-state index in [0.29, 0.717) is 0 Å². The highest BCUT2D eigenvalue weighted by molar-refractivity contribution is 7.88. The van der Waals surface area contributed by atoms with Gasteiger partial charge in [0.25, 0.3) is 5.91 Å². The molecule has 2 N–H and O–H groups in total. The van der Waals surface area contributed by atoms with Gasteiger partial charge in [0, 0.05) is 12.4 Å². The van der Waals surface area contributed by atoms with Crippen LogP contribution in [0.3, 0.4) is 0 Å². The SMILES string of the molecule is CS(=O)(=O)NNC(=O)c1cccnc1.c1ccccc1. The van der Waals surface area contributed by atoms with Crippen molar-refractivity contribution in [3.63, 3.8) is 0 Å². The van der Waals surface area contributed by atoms with Crippen LogP contribution >= 0.6 is 0 Å². The lowest BCUT2D eigenvalue weighted by Gasteiger charge is -2.03. The first-order chi connectivity index (χ1) is 9.49. The Hall–Kier alpha value is -2.25. The number of hydrogen-bond donors (Lipinski definition) is 2. The number of rotatable bonds is 3. The first-order valence-corrected chi connectivity index (χ1v) is 7.55. The molecule has 1 amide bonds. The molecule has 0 spiro atoms. The monoisotopic (exact) mass is 293 g/mol. The summed E-state index contributed by atoms with van der Waals surface area (Å²) < 4.78 is 21.3. The molecule has 2 rings (SSSR count). The Morgan fingerprint density at radius 3 is 2.00 bits per heavy atom. The largest absolute Gasteiger partial charge is 0.274 e. The summed E-state index contributed by atoms with van der Waals surface area (Å²) in [6.07, 6.45) is 3.79. The maximum atomic E-state index is 11.2. The quantitative estimate of drug-likeness (QED) is 0.825. The van der Waals surface area contributed by atoms with Crippen LogP contribution in [0, 0.1) is 0 Å². The van der Waals surface area contributed by atoms with Crippen molar-refractivity contribution in [2.75, 3.05) is 6.26 Å². The van der Waals surface area contributed by atoms with Crippen molar-refractivity contribution in [1.29, 1.82) is 0 Å². The van der Waals surface area contributed by atoms with Gasteiger partial charge in [-0.25, -0.2) is 8.42 Å². The van der Waals surface area contributed by atoms with E-state index in [-0.39, 0.29) is 5.56 Å². The molecule has 2 aromatic rings. The second-order valence-electron chi connectivity index (χ2n) is 3.72. The van der Waals surface area contributed by atoms with E-state index in [0.717, 1.165) is 6.26 Å². The van der Waals surface area contributed by atoms with Crippen molar-refractivity contribution in [3.05, 3.63) is 66.5 Å². The number of carbonyl (C=O) groups excluding carboxylic acids is 1. The molecule has 0 aliphatic rings. The maximum Gasteiger partial charge on any atom is 0.267 e.